The van der Waals surface area contributed by atoms with Gasteiger partial charge in [-0.2, -0.15) is 5.10 Å². The zero-order valence-corrected chi connectivity index (χ0v) is 14.1. The topological polar surface area (TPSA) is 83.6 Å². The van der Waals surface area contributed by atoms with Crippen molar-refractivity contribution in [2.75, 3.05) is 5.32 Å². The third kappa shape index (κ3) is 3.57. The predicted octanol–water partition coefficient (Wildman–Crippen LogP) is 3.93. The van der Waals surface area contributed by atoms with Gasteiger partial charge < -0.3 is 5.32 Å². The lowest BCUT2D eigenvalue weighted by molar-refractivity contribution is 0.102. The number of carbonyl (C=O) groups excluding carboxylic acids is 1. The molecule has 3 heterocycles. The van der Waals surface area contributed by atoms with E-state index in [1.165, 1.54) is 12.1 Å². The van der Waals surface area contributed by atoms with Gasteiger partial charge in [0.15, 0.2) is 0 Å². The van der Waals surface area contributed by atoms with Crippen LogP contribution in [-0.2, 0) is 0 Å². The van der Waals surface area contributed by atoms with Crippen LogP contribution in [0.25, 0.3) is 22.4 Å². The van der Waals surface area contributed by atoms with E-state index in [-0.39, 0.29) is 11.7 Å². The first-order valence-electron chi connectivity index (χ1n) is 8.19. The summed E-state index contributed by atoms with van der Waals surface area (Å²) in [4.78, 5) is 20.5. The summed E-state index contributed by atoms with van der Waals surface area (Å²) < 4.78 is 13.2. The molecule has 4 rings (SSSR count). The summed E-state index contributed by atoms with van der Waals surface area (Å²) in [5.41, 5.74) is 3.50. The lowest BCUT2D eigenvalue weighted by Crippen LogP contribution is -2.14. The van der Waals surface area contributed by atoms with Gasteiger partial charge in [-0.3, -0.25) is 14.9 Å². The zero-order valence-electron chi connectivity index (χ0n) is 14.1. The van der Waals surface area contributed by atoms with Crippen molar-refractivity contribution in [1.82, 2.24) is 20.2 Å². The lowest BCUT2D eigenvalue weighted by Gasteiger charge is -2.07. The Balaban J connectivity index is 1.63. The maximum atomic E-state index is 13.2. The zero-order chi connectivity index (χ0) is 18.6. The van der Waals surface area contributed by atoms with Gasteiger partial charge in [0.05, 0.1) is 11.9 Å². The van der Waals surface area contributed by atoms with Crippen LogP contribution in [0.4, 0.5) is 10.2 Å². The number of H-pyrrole nitrogens is 1. The number of aromatic nitrogens is 4. The molecule has 0 saturated heterocycles. The van der Waals surface area contributed by atoms with E-state index in [4.69, 9.17) is 0 Å². The van der Waals surface area contributed by atoms with E-state index in [1.54, 1.807) is 55.0 Å². The normalized spacial score (nSPS) is 10.6. The van der Waals surface area contributed by atoms with Crippen LogP contribution >= 0.6 is 0 Å². The average Bonchev–Trinajstić information content (AvgIpc) is 3.19. The molecular weight excluding hydrogens is 345 g/mol. The van der Waals surface area contributed by atoms with E-state index in [2.05, 4.69) is 25.5 Å². The van der Waals surface area contributed by atoms with Gasteiger partial charge in [-0.15, -0.1) is 0 Å². The van der Waals surface area contributed by atoms with Gasteiger partial charge in [-0.25, -0.2) is 9.37 Å². The molecule has 6 nitrogen and oxygen atoms in total. The summed E-state index contributed by atoms with van der Waals surface area (Å²) in [6, 6.07) is 14.8. The van der Waals surface area contributed by atoms with Crippen LogP contribution < -0.4 is 5.32 Å². The van der Waals surface area contributed by atoms with Gasteiger partial charge in [0.2, 0.25) is 0 Å². The molecule has 0 atom stereocenters. The molecule has 27 heavy (non-hydrogen) atoms. The van der Waals surface area contributed by atoms with Crippen LogP contribution in [0.3, 0.4) is 0 Å². The number of aromatic amines is 1. The first-order chi connectivity index (χ1) is 13.2. The Kier molecular flexibility index (Phi) is 4.40. The Labute approximate surface area is 154 Å². The minimum Gasteiger partial charge on any atom is -0.305 e. The van der Waals surface area contributed by atoms with Crippen molar-refractivity contribution in [2.24, 2.45) is 0 Å². The third-order valence-electron chi connectivity index (χ3n) is 3.98. The molecule has 0 aliphatic heterocycles. The van der Waals surface area contributed by atoms with E-state index in [1.807, 2.05) is 6.07 Å². The highest BCUT2D eigenvalue weighted by Gasteiger charge is 2.12. The molecule has 0 aliphatic rings. The number of amides is 1. The Bertz CT molecular complexity index is 1080. The van der Waals surface area contributed by atoms with E-state index in [0.29, 0.717) is 11.5 Å². The summed E-state index contributed by atoms with van der Waals surface area (Å²) in [7, 11) is 0. The number of halogens is 1. The fourth-order valence-corrected chi connectivity index (χ4v) is 2.69. The number of anilines is 1. The molecular formula is C20H14FN5O. The molecule has 0 spiro atoms. The van der Waals surface area contributed by atoms with Crippen LogP contribution in [0.5, 0.6) is 0 Å². The van der Waals surface area contributed by atoms with Crippen LogP contribution in [0.15, 0.2) is 73.2 Å². The number of hydrogen-bond donors (Lipinski definition) is 2. The largest absolute Gasteiger partial charge is 0.305 e. The molecule has 2 N–H and O–H groups in total. The first kappa shape index (κ1) is 16.6. The fraction of sp³-hybridized carbons (Fsp3) is 0. The highest BCUT2D eigenvalue weighted by molar-refractivity contribution is 6.02. The second-order valence-corrected chi connectivity index (χ2v) is 5.76. The summed E-state index contributed by atoms with van der Waals surface area (Å²) in [6.45, 7) is 0. The second kappa shape index (κ2) is 7.17. The molecule has 7 heteroatoms. The van der Waals surface area contributed by atoms with Crippen molar-refractivity contribution in [3.05, 3.63) is 84.7 Å². The number of nitrogens with zero attached hydrogens (tertiary/aromatic N) is 3. The Morgan fingerprint density at radius 1 is 0.963 bits per heavy atom. The minimum atomic E-state index is -0.341. The van der Waals surface area contributed by atoms with E-state index in [0.717, 1.165) is 22.4 Å². The van der Waals surface area contributed by atoms with E-state index < -0.39 is 0 Å². The van der Waals surface area contributed by atoms with Crippen LogP contribution in [0.2, 0.25) is 0 Å². The minimum absolute atomic E-state index is 0.303. The number of nitrogens with one attached hydrogen (secondary N) is 2. The van der Waals surface area contributed by atoms with Gasteiger partial charge in [-0.1, -0.05) is 6.07 Å². The van der Waals surface area contributed by atoms with Crippen molar-refractivity contribution in [1.29, 1.82) is 0 Å². The average molecular weight is 359 g/mol. The van der Waals surface area contributed by atoms with Gasteiger partial charge >= 0.3 is 0 Å². The van der Waals surface area contributed by atoms with E-state index >= 15 is 0 Å². The summed E-state index contributed by atoms with van der Waals surface area (Å²) in [6.07, 6.45) is 4.84. The molecule has 0 fully saturated rings. The molecule has 1 aromatic carbocycles. The maximum absolute atomic E-state index is 13.2. The highest BCUT2D eigenvalue weighted by atomic mass is 19.1. The maximum Gasteiger partial charge on any atom is 0.275 e. The van der Waals surface area contributed by atoms with Crippen molar-refractivity contribution in [2.45, 2.75) is 0 Å². The molecule has 3 aromatic heterocycles. The number of benzene rings is 1. The monoisotopic (exact) mass is 359 g/mol. The number of rotatable bonds is 4. The lowest BCUT2D eigenvalue weighted by atomic mass is 10.0. The standard InChI is InChI=1S/C20H14FN5O/c21-15-6-4-13(5-7-15)19-16(12-24-26-19)14-8-10-23-18(11-14)25-20(27)17-3-1-2-9-22-17/h1-12H,(H,24,26)(H,23,25,27). The number of hydrogen-bond acceptors (Lipinski definition) is 4. The SMILES string of the molecule is O=C(Nc1cc(-c2cn[nH]c2-c2ccc(F)cc2)ccn1)c1ccccn1. The molecule has 0 aliphatic carbocycles. The highest BCUT2D eigenvalue weighted by Crippen LogP contribution is 2.30. The fourth-order valence-electron chi connectivity index (χ4n) is 2.69. The third-order valence-corrected chi connectivity index (χ3v) is 3.98. The summed E-state index contributed by atoms with van der Waals surface area (Å²) in [5, 5.41) is 9.77. The molecule has 0 radical (unpaired) electrons. The van der Waals surface area contributed by atoms with Gasteiger partial charge in [0.1, 0.15) is 17.3 Å². The van der Waals surface area contributed by atoms with Crippen LogP contribution in [-0.4, -0.2) is 26.1 Å². The molecule has 0 bridgehead atoms. The number of carbonyl (C=O) groups is 1. The Morgan fingerprint density at radius 3 is 2.59 bits per heavy atom. The Hall–Kier alpha value is -3.87. The molecule has 0 saturated carbocycles. The molecule has 0 unspecified atom stereocenters. The second-order valence-electron chi connectivity index (χ2n) is 5.76. The van der Waals surface area contributed by atoms with Crippen LogP contribution in [0.1, 0.15) is 10.5 Å². The van der Waals surface area contributed by atoms with Crippen molar-refractivity contribution >= 4 is 11.7 Å². The number of pyridine rings is 2. The van der Waals surface area contributed by atoms with Gasteiger partial charge in [0, 0.05) is 23.5 Å². The van der Waals surface area contributed by atoms with Crippen molar-refractivity contribution in [3.8, 4) is 22.4 Å². The predicted molar refractivity (Wildman–Crippen MR) is 99.4 cm³/mol. The smallest absolute Gasteiger partial charge is 0.275 e. The first-order valence-corrected chi connectivity index (χ1v) is 8.19. The van der Waals surface area contributed by atoms with Crippen molar-refractivity contribution < 1.29 is 9.18 Å². The van der Waals surface area contributed by atoms with Crippen molar-refractivity contribution in [3.63, 3.8) is 0 Å². The molecule has 132 valence electrons. The van der Waals surface area contributed by atoms with E-state index in [9.17, 15) is 9.18 Å². The quantitative estimate of drug-likeness (QED) is 0.578. The summed E-state index contributed by atoms with van der Waals surface area (Å²) in [5.74, 6) is -0.246. The van der Waals surface area contributed by atoms with Gasteiger partial charge in [0.25, 0.3) is 5.91 Å². The Morgan fingerprint density at radius 2 is 1.81 bits per heavy atom. The molecule has 4 aromatic rings. The van der Waals surface area contributed by atoms with Gasteiger partial charge in [-0.05, 0) is 54.1 Å². The van der Waals surface area contributed by atoms with Crippen LogP contribution in [0, 0.1) is 5.82 Å². The molecule has 1 amide bonds. The summed E-state index contributed by atoms with van der Waals surface area (Å²) >= 11 is 0.